The third-order valence-corrected chi connectivity index (χ3v) is 3.79. The minimum atomic E-state index is -0.828. The van der Waals surface area contributed by atoms with E-state index in [0.29, 0.717) is 31.9 Å². The van der Waals surface area contributed by atoms with E-state index in [4.69, 9.17) is 0 Å². The van der Waals surface area contributed by atoms with Crippen molar-refractivity contribution >= 4 is 11.6 Å². The molecule has 0 atom stereocenters. The topological polar surface area (TPSA) is 23.6 Å². The van der Waals surface area contributed by atoms with Crippen LogP contribution in [0.25, 0.3) is 0 Å². The van der Waals surface area contributed by atoms with Gasteiger partial charge in [0.2, 0.25) is 5.91 Å². The highest BCUT2D eigenvalue weighted by Gasteiger charge is 2.34. The molecule has 0 aromatic heterocycles. The standard InChI is InChI=1S/C14H16F2N2O/c15-12-4-3-11(9-13(12)16)17-5-7-18(8-6-17)14(19)10-1-2-10/h3-4,9-10H,1-2,5-8H2. The van der Waals surface area contributed by atoms with Gasteiger partial charge in [-0.25, -0.2) is 8.78 Å². The highest BCUT2D eigenvalue weighted by Crippen LogP contribution is 2.31. The molecule has 1 saturated carbocycles. The number of carbonyl (C=O) groups is 1. The van der Waals surface area contributed by atoms with Crippen LogP contribution in [0.1, 0.15) is 12.8 Å². The number of piperazine rings is 1. The number of halogens is 2. The number of carbonyl (C=O) groups excluding carboxylic acids is 1. The first kappa shape index (κ1) is 12.4. The maximum atomic E-state index is 13.2. The molecule has 2 aliphatic rings. The minimum absolute atomic E-state index is 0.245. The molecule has 5 heteroatoms. The van der Waals surface area contributed by atoms with Gasteiger partial charge in [-0.05, 0) is 25.0 Å². The summed E-state index contributed by atoms with van der Waals surface area (Å²) in [6.07, 6.45) is 2.03. The van der Waals surface area contributed by atoms with Gasteiger partial charge in [0.1, 0.15) is 0 Å². The first-order valence-electron chi connectivity index (χ1n) is 6.64. The Morgan fingerprint density at radius 1 is 1.05 bits per heavy atom. The zero-order valence-corrected chi connectivity index (χ0v) is 10.6. The Labute approximate surface area is 110 Å². The smallest absolute Gasteiger partial charge is 0.225 e. The molecule has 3 nitrogen and oxygen atoms in total. The Hall–Kier alpha value is -1.65. The molecule has 1 saturated heterocycles. The van der Waals surface area contributed by atoms with Crippen LogP contribution in [0.15, 0.2) is 18.2 Å². The van der Waals surface area contributed by atoms with Crippen molar-refractivity contribution in [1.29, 1.82) is 0 Å². The molecule has 1 aromatic rings. The second-order valence-corrected chi connectivity index (χ2v) is 5.19. The van der Waals surface area contributed by atoms with Crippen molar-refractivity contribution in [3.05, 3.63) is 29.8 Å². The normalized spacial score (nSPS) is 19.7. The number of nitrogens with zero attached hydrogens (tertiary/aromatic N) is 2. The van der Waals surface area contributed by atoms with Gasteiger partial charge in [-0.2, -0.15) is 0 Å². The monoisotopic (exact) mass is 266 g/mol. The molecular formula is C14H16F2N2O. The SMILES string of the molecule is O=C(C1CC1)N1CCN(c2ccc(F)c(F)c2)CC1. The fourth-order valence-electron chi connectivity index (χ4n) is 2.46. The van der Waals surface area contributed by atoms with Crippen molar-refractivity contribution < 1.29 is 13.6 Å². The Kier molecular flexibility index (Phi) is 3.12. The van der Waals surface area contributed by atoms with Crippen LogP contribution in [0.2, 0.25) is 0 Å². The molecular weight excluding hydrogens is 250 g/mol. The van der Waals surface area contributed by atoms with Crippen LogP contribution < -0.4 is 4.90 Å². The number of rotatable bonds is 2. The average Bonchev–Trinajstić information content (AvgIpc) is 3.26. The second-order valence-electron chi connectivity index (χ2n) is 5.19. The zero-order chi connectivity index (χ0) is 13.4. The van der Waals surface area contributed by atoms with Crippen molar-refractivity contribution in [1.82, 2.24) is 4.90 Å². The van der Waals surface area contributed by atoms with Crippen LogP contribution in [-0.4, -0.2) is 37.0 Å². The van der Waals surface area contributed by atoms with Crippen LogP contribution in [0.4, 0.5) is 14.5 Å². The van der Waals surface area contributed by atoms with E-state index in [9.17, 15) is 13.6 Å². The predicted octanol–water partition coefficient (Wildman–Crippen LogP) is 2.02. The van der Waals surface area contributed by atoms with Crippen molar-refractivity contribution in [3.63, 3.8) is 0 Å². The molecule has 1 aromatic carbocycles. The molecule has 0 bridgehead atoms. The van der Waals surface area contributed by atoms with Crippen molar-refractivity contribution in [2.24, 2.45) is 5.92 Å². The van der Waals surface area contributed by atoms with Gasteiger partial charge in [0, 0.05) is 43.9 Å². The molecule has 0 radical (unpaired) electrons. The van der Waals surface area contributed by atoms with Gasteiger partial charge in [-0.3, -0.25) is 4.79 Å². The highest BCUT2D eigenvalue weighted by atomic mass is 19.2. The van der Waals surface area contributed by atoms with Gasteiger partial charge < -0.3 is 9.80 Å². The summed E-state index contributed by atoms with van der Waals surface area (Å²) in [7, 11) is 0. The maximum Gasteiger partial charge on any atom is 0.225 e. The quantitative estimate of drug-likeness (QED) is 0.817. The number of hydrogen-bond donors (Lipinski definition) is 0. The van der Waals surface area contributed by atoms with Crippen LogP contribution in [-0.2, 0) is 4.79 Å². The van der Waals surface area contributed by atoms with Crippen molar-refractivity contribution in [3.8, 4) is 0 Å². The van der Waals surface area contributed by atoms with E-state index >= 15 is 0 Å². The average molecular weight is 266 g/mol. The molecule has 102 valence electrons. The molecule has 19 heavy (non-hydrogen) atoms. The third kappa shape index (κ3) is 2.55. The third-order valence-electron chi connectivity index (χ3n) is 3.79. The van der Waals surface area contributed by atoms with Gasteiger partial charge in [0.05, 0.1) is 0 Å². The fourth-order valence-corrected chi connectivity index (χ4v) is 2.46. The largest absolute Gasteiger partial charge is 0.368 e. The van der Waals surface area contributed by atoms with Gasteiger partial charge in [0.25, 0.3) is 0 Å². The fraction of sp³-hybridized carbons (Fsp3) is 0.500. The van der Waals surface area contributed by atoms with E-state index in [1.165, 1.54) is 6.07 Å². The number of anilines is 1. The first-order chi connectivity index (χ1) is 9.15. The Bertz CT molecular complexity index is 494. The molecule has 3 rings (SSSR count). The summed E-state index contributed by atoms with van der Waals surface area (Å²) in [5.41, 5.74) is 0.678. The second kappa shape index (κ2) is 4.79. The summed E-state index contributed by atoms with van der Waals surface area (Å²) in [4.78, 5) is 15.8. The van der Waals surface area contributed by atoms with Crippen LogP contribution in [0, 0.1) is 17.6 Å². The molecule has 0 unspecified atom stereocenters. The van der Waals surface area contributed by atoms with Crippen molar-refractivity contribution in [2.75, 3.05) is 31.1 Å². The van der Waals surface area contributed by atoms with E-state index in [2.05, 4.69) is 0 Å². The Morgan fingerprint density at radius 3 is 2.32 bits per heavy atom. The first-order valence-corrected chi connectivity index (χ1v) is 6.64. The summed E-state index contributed by atoms with van der Waals surface area (Å²) in [5, 5.41) is 0. The summed E-state index contributed by atoms with van der Waals surface area (Å²) in [5.74, 6) is -1.15. The van der Waals surface area contributed by atoms with Gasteiger partial charge in [-0.15, -0.1) is 0 Å². The molecule has 1 heterocycles. The lowest BCUT2D eigenvalue weighted by molar-refractivity contribution is -0.132. The number of amides is 1. The van der Waals surface area contributed by atoms with E-state index in [-0.39, 0.29) is 11.8 Å². The van der Waals surface area contributed by atoms with Crippen molar-refractivity contribution in [2.45, 2.75) is 12.8 Å². The highest BCUT2D eigenvalue weighted by molar-refractivity contribution is 5.81. The van der Waals surface area contributed by atoms with Crippen LogP contribution in [0.3, 0.4) is 0 Å². The van der Waals surface area contributed by atoms with Gasteiger partial charge in [-0.1, -0.05) is 0 Å². The summed E-state index contributed by atoms with van der Waals surface area (Å²) in [6.45, 7) is 2.66. The summed E-state index contributed by atoms with van der Waals surface area (Å²) >= 11 is 0. The van der Waals surface area contributed by atoms with E-state index in [0.717, 1.165) is 18.9 Å². The molecule has 1 aliphatic carbocycles. The van der Waals surface area contributed by atoms with E-state index in [1.807, 2.05) is 9.80 Å². The molecule has 1 amide bonds. The minimum Gasteiger partial charge on any atom is -0.368 e. The van der Waals surface area contributed by atoms with E-state index in [1.54, 1.807) is 6.07 Å². The predicted molar refractivity (Wildman–Crippen MR) is 67.9 cm³/mol. The molecule has 1 aliphatic heterocycles. The number of benzene rings is 1. The lowest BCUT2D eigenvalue weighted by Crippen LogP contribution is -2.49. The van der Waals surface area contributed by atoms with Gasteiger partial charge >= 0.3 is 0 Å². The molecule has 2 fully saturated rings. The molecule has 0 spiro atoms. The number of hydrogen-bond acceptors (Lipinski definition) is 2. The maximum absolute atomic E-state index is 13.2. The Balaban J connectivity index is 1.62. The van der Waals surface area contributed by atoms with E-state index < -0.39 is 11.6 Å². The Morgan fingerprint density at radius 2 is 1.74 bits per heavy atom. The lowest BCUT2D eigenvalue weighted by atomic mass is 10.2. The lowest BCUT2D eigenvalue weighted by Gasteiger charge is -2.36. The van der Waals surface area contributed by atoms with Crippen LogP contribution in [0.5, 0.6) is 0 Å². The van der Waals surface area contributed by atoms with Crippen LogP contribution >= 0.6 is 0 Å². The summed E-state index contributed by atoms with van der Waals surface area (Å²) < 4.78 is 26.1. The summed E-state index contributed by atoms with van der Waals surface area (Å²) in [6, 6.07) is 3.94. The molecule has 0 N–H and O–H groups in total. The van der Waals surface area contributed by atoms with Gasteiger partial charge in [0.15, 0.2) is 11.6 Å². The zero-order valence-electron chi connectivity index (χ0n) is 10.6.